The summed E-state index contributed by atoms with van der Waals surface area (Å²) in [5.74, 6) is -0.492. The summed E-state index contributed by atoms with van der Waals surface area (Å²) >= 11 is 1.34. The highest BCUT2D eigenvalue weighted by molar-refractivity contribution is 7.16. The first-order chi connectivity index (χ1) is 7.72. The summed E-state index contributed by atoms with van der Waals surface area (Å²) in [7, 11) is 0. The van der Waals surface area contributed by atoms with E-state index in [0.29, 0.717) is 10.2 Å². The van der Waals surface area contributed by atoms with Crippen LogP contribution in [-0.4, -0.2) is 27.6 Å². The molecule has 16 heavy (non-hydrogen) atoms. The summed E-state index contributed by atoms with van der Waals surface area (Å²) < 4.78 is 5.74. The number of rotatable bonds is 3. The van der Waals surface area contributed by atoms with Crippen LogP contribution >= 0.6 is 11.3 Å². The third-order valence-corrected chi connectivity index (χ3v) is 2.73. The fraction of sp³-hybridized carbons (Fsp3) is 0.333. The zero-order valence-corrected chi connectivity index (χ0v) is 9.36. The molecule has 2 aromatic rings. The van der Waals surface area contributed by atoms with E-state index in [-0.39, 0.29) is 18.7 Å². The molecule has 7 heteroatoms. The zero-order chi connectivity index (χ0) is 11.5. The maximum absolute atomic E-state index is 11.8. The van der Waals surface area contributed by atoms with Crippen LogP contribution < -0.4 is 5.56 Å². The number of aromatic nitrogens is 3. The van der Waals surface area contributed by atoms with Gasteiger partial charge in [0.25, 0.3) is 5.56 Å². The van der Waals surface area contributed by atoms with Crippen molar-refractivity contribution in [1.29, 1.82) is 0 Å². The third-order valence-electron chi connectivity index (χ3n) is 1.94. The van der Waals surface area contributed by atoms with Crippen molar-refractivity contribution in [1.82, 2.24) is 15.0 Å². The SMILES string of the molecule is CCOC(=O)Cn1nnc2sccc2c1=O. The number of carbonyl (C=O) groups excluding carboxylic acids is 1. The van der Waals surface area contributed by atoms with Gasteiger partial charge < -0.3 is 4.74 Å². The van der Waals surface area contributed by atoms with Gasteiger partial charge in [-0.15, -0.1) is 16.4 Å². The van der Waals surface area contributed by atoms with Crippen LogP contribution in [0.1, 0.15) is 6.92 Å². The van der Waals surface area contributed by atoms with Crippen molar-refractivity contribution in [3.05, 3.63) is 21.8 Å². The van der Waals surface area contributed by atoms with E-state index < -0.39 is 5.97 Å². The van der Waals surface area contributed by atoms with Crippen molar-refractivity contribution in [2.45, 2.75) is 13.5 Å². The predicted octanol–water partition coefficient (Wildman–Crippen LogP) is 0.416. The van der Waals surface area contributed by atoms with Crippen LogP contribution in [0.4, 0.5) is 0 Å². The van der Waals surface area contributed by atoms with Crippen molar-refractivity contribution in [2.24, 2.45) is 0 Å². The van der Waals surface area contributed by atoms with Crippen LogP contribution in [0.15, 0.2) is 16.2 Å². The first kappa shape index (κ1) is 10.7. The number of esters is 1. The Morgan fingerprint density at radius 1 is 1.62 bits per heavy atom. The van der Waals surface area contributed by atoms with Crippen molar-refractivity contribution in [3.63, 3.8) is 0 Å². The summed E-state index contributed by atoms with van der Waals surface area (Å²) in [5, 5.41) is 9.74. The highest BCUT2D eigenvalue weighted by Gasteiger charge is 2.10. The maximum atomic E-state index is 11.8. The summed E-state index contributed by atoms with van der Waals surface area (Å²) in [6, 6.07) is 1.67. The smallest absolute Gasteiger partial charge is 0.327 e. The van der Waals surface area contributed by atoms with Gasteiger partial charge in [0.15, 0.2) is 4.83 Å². The quantitative estimate of drug-likeness (QED) is 0.725. The molecule has 0 aliphatic carbocycles. The van der Waals surface area contributed by atoms with Gasteiger partial charge in [0.05, 0.1) is 12.0 Å². The van der Waals surface area contributed by atoms with Crippen LogP contribution in [0.2, 0.25) is 0 Å². The summed E-state index contributed by atoms with van der Waals surface area (Å²) in [6.45, 7) is 1.78. The second-order valence-corrected chi connectivity index (χ2v) is 3.89. The van der Waals surface area contributed by atoms with E-state index in [1.807, 2.05) is 0 Å². The number of hydrogen-bond donors (Lipinski definition) is 0. The Morgan fingerprint density at radius 2 is 2.44 bits per heavy atom. The number of hydrogen-bond acceptors (Lipinski definition) is 6. The van der Waals surface area contributed by atoms with Crippen molar-refractivity contribution in [2.75, 3.05) is 6.61 Å². The van der Waals surface area contributed by atoms with E-state index >= 15 is 0 Å². The molecular formula is C9H9N3O3S. The van der Waals surface area contributed by atoms with Gasteiger partial charge in [0, 0.05) is 0 Å². The molecule has 0 aliphatic heterocycles. The molecule has 0 radical (unpaired) electrons. The highest BCUT2D eigenvalue weighted by atomic mass is 32.1. The Morgan fingerprint density at radius 3 is 3.19 bits per heavy atom. The highest BCUT2D eigenvalue weighted by Crippen LogP contribution is 2.12. The fourth-order valence-electron chi connectivity index (χ4n) is 1.25. The molecule has 0 saturated carbocycles. The lowest BCUT2D eigenvalue weighted by Crippen LogP contribution is -2.28. The van der Waals surface area contributed by atoms with Gasteiger partial charge in [0.2, 0.25) is 0 Å². The van der Waals surface area contributed by atoms with Gasteiger partial charge >= 0.3 is 5.97 Å². The average Bonchev–Trinajstić information content (AvgIpc) is 2.71. The van der Waals surface area contributed by atoms with E-state index in [1.54, 1.807) is 18.4 Å². The minimum atomic E-state index is -0.492. The molecule has 84 valence electrons. The molecule has 0 N–H and O–H groups in total. The lowest BCUT2D eigenvalue weighted by molar-refractivity contribution is -0.144. The van der Waals surface area contributed by atoms with E-state index in [1.165, 1.54) is 11.3 Å². The minimum Gasteiger partial charge on any atom is -0.465 e. The number of nitrogens with zero attached hydrogens (tertiary/aromatic N) is 3. The molecule has 2 heterocycles. The van der Waals surface area contributed by atoms with E-state index in [0.717, 1.165) is 4.68 Å². The Kier molecular flexibility index (Phi) is 2.95. The Hall–Kier alpha value is -1.76. The first-order valence-corrected chi connectivity index (χ1v) is 5.57. The Balaban J connectivity index is 2.34. The normalized spacial score (nSPS) is 10.6. The van der Waals surface area contributed by atoms with E-state index in [9.17, 15) is 9.59 Å². The molecule has 0 atom stereocenters. The van der Waals surface area contributed by atoms with Crippen LogP contribution in [0, 0.1) is 0 Å². The van der Waals surface area contributed by atoms with Gasteiger partial charge in [-0.05, 0) is 18.4 Å². The third kappa shape index (κ3) is 1.94. The van der Waals surface area contributed by atoms with Crippen LogP contribution in [0.5, 0.6) is 0 Å². The van der Waals surface area contributed by atoms with E-state index in [2.05, 4.69) is 10.3 Å². The molecule has 6 nitrogen and oxygen atoms in total. The average molecular weight is 239 g/mol. The molecule has 2 rings (SSSR count). The minimum absolute atomic E-state index is 0.203. The summed E-state index contributed by atoms with van der Waals surface area (Å²) in [4.78, 5) is 23.6. The summed E-state index contributed by atoms with van der Waals surface area (Å²) in [5.41, 5.74) is -0.320. The second kappa shape index (κ2) is 4.40. The Labute approximate surface area is 94.5 Å². The molecule has 0 saturated heterocycles. The van der Waals surface area contributed by atoms with Gasteiger partial charge in [0.1, 0.15) is 6.54 Å². The number of thiophene rings is 1. The lowest BCUT2D eigenvalue weighted by Gasteiger charge is -2.02. The molecule has 0 aromatic carbocycles. The molecular weight excluding hydrogens is 230 g/mol. The number of ether oxygens (including phenoxy) is 1. The van der Waals surface area contributed by atoms with Crippen molar-refractivity contribution >= 4 is 27.5 Å². The van der Waals surface area contributed by atoms with Crippen molar-refractivity contribution in [3.8, 4) is 0 Å². The van der Waals surface area contributed by atoms with Gasteiger partial charge in [-0.25, -0.2) is 0 Å². The molecule has 0 aliphatic rings. The van der Waals surface area contributed by atoms with Crippen LogP contribution in [-0.2, 0) is 16.1 Å². The van der Waals surface area contributed by atoms with Crippen molar-refractivity contribution < 1.29 is 9.53 Å². The van der Waals surface area contributed by atoms with Crippen LogP contribution in [0.3, 0.4) is 0 Å². The van der Waals surface area contributed by atoms with Gasteiger partial charge in [-0.3, -0.25) is 9.59 Å². The van der Waals surface area contributed by atoms with Crippen LogP contribution in [0.25, 0.3) is 10.2 Å². The van der Waals surface area contributed by atoms with E-state index in [4.69, 9.17) is 4.74 Å². The van der Waals surface area contributed by atoms with Gasteiger partial charge in [-0.1, -0.05) is 5.21 Å². The molecule has 0 spiro atoms. The molecule has 0 fully saturated rings. The molecule has 2 aromatic heterocycles. The standard InChI is InChI=1S/C9H9N3O3S/c1-2-15-7(13)5-12-9(14)6-3-4-16-8(6)10-11-12/h3-4H,2,5H2,1H3. The fourth-order valence-corrected chi connectivity index (χ4v) is 1.95. The molecule has 0 unspecified atom stereocenters. The number of carbonyl (C=O) groups is 1. The molecule has 0 bridgehead atoms. The number of fused-ring (bicyclic) bond motifs is 1. The molecule has 0 amide bonds. The predicted molar refractivity (Wildman–Crippen MR) is 58.3 cm³/mol. The Bertz CT molecular complexity index is 575. The maximum Gasteiger partial charge on any atom is 0.327 e. The topological polar surface area (TPSA) is 74.1 Å². The summed E-state index contributed by atoms with van der Waals surface area (Å²) in [6.07, 6.45) is 0. The largest absolute Gasteiger partial charge is 0.465 e. The second-order valence-electron chi connectivity index (χ2n) is 3.00. The first-order valence-electron chi connectivity index (χ1n) is 4.69. The lowest BCUT2D eigenvalue weighted by atomic mass is 10.4. The monoisotopic (exact) mass is 239 g/mol. The van der Waals surface area contributed by atoms with Gasteiger partial charge in [-0.2, -0.15) is 4.68 Å². The zero-order valence-electron chi connectivity index (χ0n) is 8.54.